The SMILES string of the molecule is COc1cc(N)c(Cl)cc1C(=O)NCc1cccnc1N(C)C.Cl.Cl. The Bertz CT molecular complexity index is 727. The maximum atomic E-state index is 12.4. The Morgan fingerprint density at radius 3 is 2.64 bits per heavy atom. The summed E-state index contributed by atoms with van der Waals surface area (Å²) in [5.74, 6) is 0.885. The minimum Gasteiger partial charge on any atom is -0.496 e. The highest BCUT2D eigenvalue weighted by atomic mass is 35.5. The van der Waals surface area contributed by atoms with Crippen LogP contribution in [0.3, 0.4) is 0 Å². The minimum absolute atomic E-state index is 0. The molecular weight excluding hydrogens is 387 g/mol. The second kappa shape index (κ2) is 10.2. The number of nitrogen functional groups attached to an aromatic ring is 1. The molecule has 0 saturated carbocycles. The third-order valence-electron chi connectivity index (χ3n) is 3.29. The van der Waals surface area contributed by atoms with E-state index in [1.54, 1.807) is 6.20 Å². The summed E-state index contributed by atoms with van der Waals surface area (Å²) in [5, 5.41) is 3.16. The molecule has 1 heterocycles. The number of halogens is 3. The Morgan fingerprint density at radius 2 is 2.04 bits per heavy atom. The number of pyridine rings is 1. The lowest BCUT2D eigenvalue weighted by molar-refractivity contribution is 0.0948. The molecule has 1 aromatic heterocycles. The van der Waals surface area contributed by atoms with Crippen molar-refractivity contribution in [2.75, 3.05) is 31.8 Å². The van der Waals surface area contributed by atoms with Crippen molar-refractivity contribution in [3.8, 4) is 5.75 Å². The Labute approximate surface area is 164 Å². The van der Waals surface area contributed by atoms with Crippen molar-refractivity contribution >= 4 is 53.8 Å². The van der Waals surface area contributed by atoms with Crippen molar-refractivity contribution in [1.82, 2.24) is 10.3 Å². The molecule has 6 nitrogen and oxygen atoms in total. The highest BCUT2D eigenvalue weighted by Gasteiger charge is 2.15. The number of hydrogen-bond donors (Lipinski definition) is 2. The zero-order chi connectivity index (χ0) is 17.0. The lowest BCUT2D eigenvalue weighted by Crippen LogP contribution is -2.25. The number of hydrogen-bond acceptors (Lipinski definition) is 5. The zero-order valence-electron chi connectivity index (χ0n) is 14.1. The normalized spacial score (nSPS) is 9.44. The number of rotatable bonds is 5. The maximum absolute atomic E-state index is 12.4. The smallest absolute Gasteiger partial charge is 0.255 e. The molecule has 1 aromatic carbocycles. The molecule has 138 valence electrons. The van der Waals surface area contributed by atoms with E-state index in [0.717, 1.165) is 11.4 Å². The molecule has 0 aliphatic carbocycles. The molecule has 0 saturated heterocycles. The third-order valence-corrected chi connectivity index (χ3v) is 3.62. The van der Waals surface area contributed by atoms with Gasteiger partial charge >= 0.3 is 0 Å². The van der Waals surface area contributed by atoms with Gasteiger partial charge in [-0.3, -0.25) is 4.79 Å². The van der Waals surface area contributed by atoms with Crippen LogP contribution in [0.2, 0.25) is 5.02 Å². The van der Waals surface area contributed by atoms with Crippen molar-refractivity contribution in [1.29, 1.82) is 0 Å². The molecule has 0 radical (unpaired) electrons. The minimum atomic E-state index is -0.294. The number of carbonyl (C=O) groups excluding carboxylic acids is 1. The van der Waals surface area contributed by atoms with E-state index in [4.69, 9.17) is 22.1 Å². The van der Waals surface area contributed by atoms with Gasteiger partial charge in [0.1, 0.15) is 11.6 Å². The fourth-order valence-corrected chi connectivity index (χ4v) is 2.32. The highest BCUT2D eigenvalue weighted by molar-refractivity contribution is 6.33. The summed E-state index contributed by atoms with van der Waals surface area (Å²) < 4.78 is 5.20. The van der Waals surface area contributed by atoms with Gasteiger partial charge in [0.15, 0.2) is 0 Å². The number of nitrogens with one attached hydrogen (secondary N) is 1. The first kappa shape index (κ1) is 23.1. The van der Waals surface area contributed by atoms with Crippen molar-refractivity contribution in [3.05, 3.63) is 46.6 Å². The fraction of sp³-hybridized carbons (Fsp3) is 0.250. The van der Waals surface area contributed by atoms with E-state index in [1.807, 2.05) is 31.1 Å². The molecule has 9 heteroatoms. The van der Waals surface area contributed by atoms with Crippen LogP contribution in [-0.2, 0) is 6.54 Å². The van der Waals surface area contributed by atoms with Crippen LogP contribution < -0.4 is 20.7 Å². The van der Waals surface area contributed by atoms with Crippen molar-refractivity contribution < 1.29 is 9.53 Å². The largest absolute Gasteiger partial charge is 0.496 e. The van der Waals surface area contributed by atoms with Crippen LogP contribution in [0.1, 0.15) is 15.9 Å². The van der Waals surface area contributed by atoms with Crippen LogP contribution in [-0.4, -0.2) is 32.1 Å². The van der Waals surface area contributed by atoms with Crippen molar-refractivity contribution in [3.63, 3.8) is 0 Å². The molecule has 2 rings (SSSR count). The fourth-order valence-electron chi connectivity index (χ4n) is 2.16. The van der Waals surface area contributed by atoms with E-state index in [1.165, 1.54) is 19.2 Å². The van der Waals surface area contributed by atoms with Crippen molar-refractivity contribution in [2.24, 2.45) is 0 Å². The number of aromatic nitrogens is 1. The number of carbonyl (C=O) groups is 1. The molecule has 25 heavy (non-hydrogen) atoms. The first-order valence-corrected chi connectivity index (χ1v) is 7.34. The van der Waals surface area contributed by atoms with E-state index in [9.17, 15) is 4.79 Å². The molecule has 0 atom stereocenters. The summed E-state index contributed by atoms with van der Waals surface area (Å²) in [4.78, 5) is 18.6. The number of methoxy groups -OCH3 is 1. The third kappa shape index (κ3) is 5.56. The molecular formula is C16H21Cl3N4O2. The van der Waals surface area contributed by atoms with Crippen LogP contribution in [0.15, 0.2) is 30.5 Å². The molecule has 0 unspecified atom stereocenters. The quantitative estimate of drug-likeness (QED) is 0.744. The number of anilines is 2. The summed E-state index contributed by atoms with van der Waals surface area (Å²) in [6.45, 7) is 0.339. The van der Waals surface area contributed by atoms with Crippen LogP contribution >= 0.6 is 36.4 Å². The first-order chi connectivity index (χ1) is 10.9. The van der Waals surface area contributed by atoms with E-state index in [-0.39, 0.29) is 30.7 Å². The monoisotopic (exact) mass is 406 g/mol. The van der Waals surface area contributed by atoms with Gasteiger partial charge in [0, 0.05) is 38.5 Å². The van der Waals surface area contributed by atoms with Gasteiger partial charge in [-0.25, -0.2) is 4.98 Å². The highest BCUT2D eigenvalue weighted by Crippen LogP contribution is 2.28. The summed E-state index contributed by atoms with van der Waals surface area (Å²) in [7, 11) is 5.28. The number of amides is 1. The molecule has 0 fully saturated rings. The molecule has 3 N–H and O–H groups in total. The number of nitrogens with two attached hydrogens (primary N) is 1. The van der Waals surface area contributed by atoms with Crippen molar-refractivity contribution in [2.45, 2.75) is 6.54 Å². The van der Waals surface area contributed by atoms with Crippen LogP contribution in [0.4, 0.5) is 11.5 Å². The lowest BCUT2D eigenvalue weighted by Gasteiger charge is -2.16. The molecule has 1 amide bonds. The Kier molecular flexibility index (Phi) is 9.41. The standard InChI is InChI=1S/C16H19ClN4O2.2ClH/c1-21(2)15-10(5-4-6-19-15)9-20-16(22)11-7-12(17)13(18)8-14(11)23-3;;/h4-8H,9,18H2,1-3H3,(H,20,22);2*1H. The van der Waals surface area contributed by atoms with Gasteiger partial charge in [-0.05, 0) is 12.1 Å². The van der Waals surface area contributed by atoms with Gasteiger partial charge in [0.05, 0.1) is 23.4 Å². The van der Waals surface area contributed by atoms with Gasteiger partial charge in [-0.2, -0.15) is 0 Å². The molecule has 0 bridgehead atoms. The van der Waals surface area contributed by atoms with Gasteiger partial charge in [0.2, 0.25) is 0 Å². The zero-order valence-corrected chi connectivity index (χ0v) is 16.5. The average Bonchev–Trinajstić information content (AvgIpc) is 2.54. The summed E-state index contributed by atoms with van der Waals surface area (Å²) >= 11 is 5.99. The second-order valence-corrected chi connectivity index (χ2v) is 5.54. The van der Waals surface area contributed by atoms with Crippen LogP contribution in [0.5, 0.6) is 5.75 Å². The summed E-state index contributed by atoms with van der Waals surface area (Å²) in [6.07, 6.45) is 1.71. The van der Waals surface area contributed by atoms with Gasteiger partial charge in [-0.15, -0.1) is 24.8 Å². The average molecular weight is 408 g/mol. The van der Waals surface area contributed by atoms with Crippen LogP contribution in [0.25, 0.3) is 0 Å². The Balaban J connectivity index is 0.00000288. The van der Waals surface area contributed by atoms with E-state index in [2.05, 4.69) is 10.3 Å². The number of benzene rings is 1. The van der Waals surface area contributed by atoms with E-state index in [0.29, 0.717) is 28.6 Å². The molecule has 2 aromatic rings. The molecule has 0 aliphatic rings. The summed E-state index contributed by atoms with van der Waals surface area (Å²) in [5.41, 5.74) is 7.33. The lowest BCUT2D eigenvalue weighted by atomic mass is 10.1. The van der Waals surface area contributed by atoms with E-state index >= 15 is 0 Å². The second-order valence-electron chi connectivity index (χ2n) is 5.14. The number of ether oxygens (including phenoxy) is 1. The predicted molar refractivity (Wildman–Crippen MR) is 107 cm³/mol. The van der Waals surface area contributed by atoms with Crippen LogP contribution in [0, 0.1) is 0 Å². The maximum Gasteiger partial charge on any atom is 0.255 e. The van der Waals surface area contributed by atoms with Gasteiger partial charge in [-0.1, -0.05) is 17.7 Å². The topological polar surface area (TPSA) is 80.5 Å². The van der Waals surface area contributed by atoms with E-state index < -0.39 is 0 Å². The van der Waals surface area contributed by atoms with Gasteiger partial charge in [0.25, 0.3) is 5.91 Å². The predicted octanol–water partition coefficient (Wildman–Crippen LogP) is 3.17. The first-order valence-electron chi connectivity index (χ1n) is 6.96. The Hall–Kier alpha value is -1.89. The Morgan fingerprint density at radius 1 is 1.36 bits per heavy atom. The van der Waals surface area contributed by atoms with Gasteiger partial charge < -0.3 is 20.7 Å². The molecule has 0 aliphatic heterocycles. The molecule has 0 spiro atoms. The summed E-state index contributed by atoms with van der Waals surface area (Å²) in [6, 6.07) is 6.78. The number of nitrogens with zero attached hydrogens (tertiary/aromatic N) is 2.